The van der Waals surface area contributed by atoms with Gasteiger partial charge in [0.25, 0.3) is 17.7 Å². The predicted molar refractivity (Wildman–Crippen MR) is 91.7 cm³/mol. The van der Waals surface area contributed by atoms with Gasteiger partial charge in [-0.1, -0.05) is 36.4 Å². The lowest BCUT2D eigenvalue weighted by atomic mass is 10.0. The number of benzene rings is 2. The molecule has 1 atom stereocenters. The number of likely N-dealkylation sites (N-methyl/N-ethyl adjacent to an activating group) is 2. The highest BCUT2D eigenvalue weighted by Gasteiger charge is 2.34. The van der Waals surface area contributed by atoms with E-state index in [-0.39, 0.29) is 5.56 Å². The number of hydrogen-bond donors (Lipinski definition) is 3. The SMILES string of the molecule is CNC(=O)C(C(=O)NO)N(C)C(=O)c1ccc(-c2ccccc2)cc1F. The first-order valence-electron chi connectivity index (χ1n) is 7.68. The Morgan fingerprint density at radius 1 is 1.04 bits per heavy atom. The second-order valence-corrected chi connectivity index (χ2v) is 5.47. The number of rotatable bonds is 5. The summed E-state index contributed by atoms with van der Waals surface area (Å²) >= 11 is 0. The molecule has 136 valence electrons. The molecule has 8 heteroatoms. The Labute approximate surface area is 149 Å². The summed E-state index contributed by atoms with van der Waals surface area (Å²) in [5.41, 5.74) is 2.39. The van der Waals surface area contributed by atoms with Crippen molar-refractivity contribution in [2.75, 3.05) is 14.1 Å². The smallest absolute Gasteiger partial charge is 0.275 e. The zero-order valence-electron chi connectivity index (χ0n) is 14.2. The Bertz CT molecular complexity index is 810. The first kappa shape index (κ1) is 19.1. The van der Waals surface area contributed by atoms with Gasteiger partial charge in [-0.15, -0.1) is 0 Å². The Hall–Kier alpha value is -3.26. The van der Waals surface area contributed by atoms with Gasteiger partial charge in [0.1, 0.15) is 5.82 Å². The summed E-state index contributed by atoms with van der Waals surface area (Å²) in [6, 6.07) is 11.5. The summed E-state index contributed by atoms with van der Waals surface area (Å²) in [6.45, 7) is 0. The van der Waals surface area contributed by atoms with Gasteiger partial charge >= 0.3 is 0 Å². The molecule has 0 aliphatic heterocycles. The molecule has 2 aromatic rings. The number of carbonyl (C=O) groups excluding carboxylic acids is 3. The van der Waals surface area contributed by atoms with Crippen LogP contribution in [0.1, 0.15) is 10.4 Å². The maximum Gasteiger partial charge on any atom is 0.275 e. The molecule has 0 bridgehead atoms. The minimum atomic E-state index is -1.65. The molecule has 0 spiro atoms. The normalized spacial score (nSPS) is 11.4. The molecule has 2 aromatic carbocycles. The second-order valence-electron chi connectivity index (χ2n) is 5.47. The lowest BCUT2D eigenvalue weighted by molar-refractivity contribution is -0.140. The van der Waals surface area contributed by atoms with Crippen molar-refractivity contribution >= 4 is 17.7 Å². The van der Waals surface area contributed by atoms with Crippen molar-refractivity contribution in [3.05, 3.63) is 59.9 Å². The molecule has 2 rings (SSSR count). The monoisotopic (exact) mass is 359 g/mol. The number of hydroxylamine groups is 1. The van der Waals surface area contributed by atoms with Crippen LogP contribution in [0.15, 0.2) is 48.5 Å². The van der Waals surface area contributed by atoms with Gasteiger partial charge in [0.05, 0.1) is 5.56 Å². The number of halogens is 1. The van der Waals surface area contributed by atoms with E-state index in [4.69, 9.17) is 5.21 Å². The second kappa shape index (κ2) is 8.21. The Morgan fingerprint density at radius 3 is 2.23 bits per heavy atom. The summed E-state index contributed by atoms with van der Waals surface area (Å²) in [6.07, 6.45) is 0. The van der Waals surface area contributed by atoms with Crippen LogP contribution in [0.25, 0.3) is 11.1 Å². The molecule has 1 unspecified atom stereocenters. The van der Waals surface area contributed by atoms with E-state index in [9.17, 15) is 18.8 Å². The van der Waals surface area contributed by atoms with E-state index in [1.165, 1.54) is 31.7 Å². The lowest BCUT2D eigenvalue weighted by Gasteiger charge is -2.25. The van der Waals surface area contributed by atoms with Crippen LogP contribution in [-0.4, -0.2) is 48.0 Å². The molecule has 0 saturated carbocycles. The van der Waals surface area contributed by atoms with E-state index in [1.54, 1.807) is 18.2 Å². The molecule has 0 fully saturated rings. The zero-order chi connectivity index (χ0) is 19.3. The molecule has 0 aromatic heterocycles. The van der Waals surface area contributed by atoms with E-state index in [0.29, 0.717) is 5.56 Å². The van der Waals surface area contributed by atoms with Crippen LogP contribution in [0, 0.1) is 5.82 Å². The maximum atomic E-state index is 14.5. The largest absolute Gasteiger partial charge is 0.357 e. The Balaban J connectivity index is 2.33. The van der Waals surface area contributed by atoms with Gasteiger partial charge in [0.2, 0.25) is 0 Å². The Morgan fingerprint density at radius 2 is 1.69 bits per heavy atom. The van der Waals surface area contributed by atoms with Gasteiger partial charge in [-0.05, 0) is 23.3 Å². The van der Waals surface area contributed by atoms with Crippen molar-refractivity contribution in [1.82, 2.24) is 15.7 Å². The number of hydrogen-bond acceptors (Lipinski definition) is 4. The third kappa shape index (κ3) is 3.86. The highest BCUT2D eigenvalue weighted by Crippen LogP contribution is 2.22. The highest BCUT2D eigenvalue weighted by atomic mass is 19.1. The van der Waals surface area contributed by atoms with Crippen molar-refractivity contribution in [3.8, 4) is 11.1 Å². The van der Waals surface area contributed by atoms with E-state index >= 15 is 0 Å². The van der Waals surface area contributed by atoms with Crippen LogP contribution in [0.5, 0.6) is 0 Å². The van der Waals surface area contributed by atoms with Gasteiger partial charge in [-0.3, -0.25) is 19.6 Å². The van der Waals surface area contributed by atoms with Crippen LogP contribution in [0.3, 0.4) is 0 Å². The maximum absolute atomic E-state index is 14.5. The number of amides is 3. The van der Waals surface area contributed by atoms with Gasteiger partial charge in [-0.2, -0.15) is 0 Å². The molecule has 0 aliphatic rings. The minimum Gasteiger partial charge on any atom is -0.357 e. The third-order valence-electron chi connectivity index (χ3n) is 3.87. The average Bonchev–Trinajstić information content (AvgIpc) is 2.67. The lowest BCUT2D eigenvalue weighted by Crippen LogP contribution is -2.54. The van der Waals surface area contributed by atoms with E-state index in [1.807, 2.05) is 18.2 Å². The summed E-state index contributed by atoms with van der Waals surface area (Å²) < 4.78 is 14.5. The van der Waals surface area contributed by atoms with Gasteiger partial charge in [0.15, 0.2) is 6.04 Å². The van der Waals surface area contributed by atoms with E-state index < -0.39 is 29.6 Å². The quantitative estimate of drug-likeness (QED) is 0.424. The number of nitrogens with zero attached hydrogens (tertiary/aromatic N) is 1. The number of nitrogens with one attached hydrogen (secondary N) is 2. The number of carbonyl (C=O) groups is 3. The predicted octanol–water partition coefficient (Wildman–Crippen LogP) is 1.18. The van der Waals surface area contributed by atoms with Crippen molar-refractivity contribution in [3.63, 3.8) is 0 Å². The van der Waals surface area contributed by atoms with Gasteiger partial charge < -0.3 is 10.2 Å². The standard InChI is InChI=1S/C18H18FN3O4/c1-20-16(23)15(17(24)21-26)22(2)18(25)13-9-8-12(10-14(13)19)11-6-4-3-5-7-11/h3-10,15,26H,1-2H3,(H,20,23)(H,21,24). The van der Waals surface area contributed by atoms with Crippen LogP contribution in [0.2, 0.25) is 0 Å². The summed E-state index contributed by atoms with van der Waals surface area (Å²) in [7, 11) is 2.44. The first-order chi connectivity index (χ1) is 12.4. The third-order valence-corrected chi connectivity index (χ3v) is 3.87. The zero-order valence-corrected chi connectivity index (χ0v) is 14.2. The summed E-state index contributed by atoms with van der Waals surface area (Å²) in [5, 5.41) is 11.0. The highest BCUT2D eigenvalue weighted by molar-refractivity contribution is 6.08. The fourth-order valence-electron chi connectivity index (χ4n) is 2.47. The molecule has 3 N–H and O–H groups in total. The average molecular weight is 359 g/mol. The Kier molecular flexibility index (Phi) is 6.03. The van der Waals surface area contributed by atoms with E-state index in [2.05, 4.69) is 5.32 Å². The van der Waals surface area contributed by atoms with Crippen molar-refractivity contribution < 1.29 is 24.0 Å². The first-order valence-corrected chi connectivity index (χ1v) is 7.68. The fraction of sp³-hybridized carbons (Fsp3) is 0.167. The fourth-order valence-corrected chi connectivity index (χ4v) is 2.47. The molecule has 0 aliphatic carbocycles. The van der Waals surface area contributed by atoms with Crippen molar-refractivity contribution in [2.45, 2.75) is 6.04 Å². The van der Waals surface area contributed by atoms with Gasteiger partial charge in [0, 0.05) is 14.1 Å². The molecule has 3 amide bonds. The molecule has 0 heterocycles. The van der Waals surface area contributed by atoms with Crippen LogP contribution >= 0.6 is 0 Å². The molecular weight excluding hydrogens is 341 g/mol. The summed E-state index contributed by atoms with van der Waals surface area (Å²) in [4.78, 5) is 36.8. The molecule has 26 heavy (non-hydrogen) atoms. The minimum absolute atomic E-state index is 0.299. The van der Waals surface area contributed by atoms with Gasteiger partial charge in [-0.25, -0.2) is 9.87 Å². The molecule has 0 radical (unpaired) electrons. The van der Waals surface area contributed by atoms with Crippen molar-refractivity contribution in [1.29, 1.82) is 0 Å². The molecule has 7 nitrogen and oxygen atoms in total. The van der Waals surface area contributed by atoms with Crippen LogP contribution in [-0.2, 0) is 9.59 Å². The van der Waals surface area contributed by atoms with Crippen LogP contribution < -0.4 is 10.8 Å². The topological polar surface area (TPSA) is 98.7 Å². The van der Waals surface area contributed by atoms with E-state index in [0.717, 1.165) is 10.5 Å². The molecule has 0 saturated heterocycles. The van der Waals surface area contributed by atoms with Crippen LogP contribution in [0.4, 0.5) is 4.39 Å². The van der Waals surface area contributed by atoms with Crippen molar-refractivity contribution in [2.24, 2.45) is 0 Å². The summed E-state index contributed by atoms with van der Waals surface area (Å²) in [5.74, 6) is -3.60. The molecular formula is C18H18FN3O4.